The third-order valence-corrected chi connectivity index (χ3v) is 3.63. The highest BCUT2D eigenvalue weighted by atomic mass is 16.6. The monoisotopic (exact) mass is 279 g/mol. The molecule has 1 aliphatic rings. The third-order valence-electron chi connectivity index (χ3n) is 3.63. The minimum Gasteiger partial charge on any atom is -0.393 e. The van der Waals surface area contributed by atoms with E-state index in [2.05, 4.69) is 0 Å². The second-order valence-corrected chi connectivity index (χ2v) is 4.88. The Morgan fingerprint density at radius 3 is 2.75 bits per heavy atom. The molecule has 1 aliphatic heterocycles. The van der Waals surface area contributed by atoms with Crippen LogP contribution >= 0.6 is 0 Å². The molecule has 1 aromatic carbocycles. The predicted octanol–water partition coefficient (Wildman–Crippen LogP) is 1.43. The summed E-state index contributed by atoms with van der Waals surface area (Å²) in [6.45, 7) is 2.55. The summed E-state index contributed by atoms with van der Waals surface area (Å²) >= 11 is 0. The first-order valence-corrected chi connectivity index (χ1v) is 6.34. The largest absolute Gasteiger partial charge is 0.393 e. The molecule has 2 rings (SSSR count). The fourth-order valence-corrected chi connectivity index (χ4v) is 2.44. The van der Waals surface area contributed by atoms with Gasteiger partial charge in [-0.25, -0.2) is 0 Å². The van der Waals surface area contributed by atoms with Crippen molar-refractivity contribution < 1.29 is 14.5 Å². The van der Waals surface area contributed by atoms with Crippen LogP contribution in [0.3, 0.4) is 0 Å². The van der Waals surface area contributed by atoms with Crippen LogP contribution in [0.2, 0.25) is 0 Å². The fourth-order valence-electron chi connectivity index (χ4n) is 2.44. The van der Waals surface area contributed by atoms with Gasteiger partial charge in [-0.15, -0.1) is 0 Å². The fraction of sp³-hybridized carbons (Fsp3) is 0.462. The standard InChI is InChI=1S/C13H17N3O4/c1-8-11(5-6-20-8)15(2)13(17)9-3-4-12(16(18)19)10(14)7-9/h3-4,7-8,11H,5-6,14H2,1-2H3. The van der Waals surface area contributed by atoms with Crippen LogP contribution in [0, 0.1) is 10.1 Å². The van der Waals surface area contributed by atoms with Gasteiger partial charge in [0.1, 0.15) is 5.69 Å². The van der Waals surface area contributed by atoms with Crippen LogP contribution < -0.4 is 5.73 Å². The van der Waals surface area contributed by atoms with E-state index in [-0.39, 0.29) is 29.4 Å². The maximum atomic E-state index is 12.4. The van der Waals surface area contributed by atoms with E-state index in [1.54, 1.807) is 11.9 Å². The number of nitro benzene ring substituents is 1. The molecular formula is C13H17N3O4. The van der Waals surface area contributed by atoms with E-state index in [4.69, 9.17) is 10.5 Å². The molecule has 0 aliphatic carbocycles. The number of anilines is 1. The van der Waals surface area contributed by atoms with E-state index >= 15 is 0 Å². The Bertz CT molecular complexity index is 546. The first kappa shape index (κ1) is 14.3. The van der Waals surface area contributed by atoms with Crippen molar-refractivity contribution in [1.29, 1.82) is 0 Å². The molecule has 1 fully saturated rings. The molecule has 1 heterocycles. The molecule has 1 amide bonds. The number of carbonyl (C=O) groups excluding carboxylic acids is 1. The van der Waals surface area contributed by atoms with Crippen LogP contribution in [0.1, 0.15) is 23.7 Å². The molecule has 1 aromatic rings. The predicted molar refractivity (Wildman–Crippen MR) is 73.4 cm³/mol. The van der Waals surface area contributed by atoms with Gasteiger partial charge in [0.2, 0.25) is 0 Å². The topological polar surface area (TPSA) is 98.7 Å². The van der Waals surface area contributed by atoms with Crippen LogP contribution in [-0.4, -0.2) is 41.5 Å². The molecule has 108 valence electrons. The number of ether oxygens (including phenoxy) is 1. The van der Waals surface area contributed by atoms with Crippen molar-refractivity contribution in [3.8, 4) is 0 Å². The maximum Gasteiger partial charge on any atom is 0.292 e. The summed E-state index contributed by atoms with van der Waals surface area (Å²) in [6, 6.07) is 4.04. The third kappa shape index (κ3) is 2.57. The average Bonchev–Trinajstić information content (AvgIpc) is 2.82. The van der Waals surface area contributed by atoms with Crippen LogP contribution in [0.15, 0.2) is 18.2 Å². The highest BCUT2D eigenvalue weighted by Gasteiger charge is 2.31. The molecule has 0 radical (unpaired) electrons. The Labute approximate surface area is 116 Å². The lowest BCUT2D eigenvalue weighted by atomic mass is 10.1. The normalized spacial score (nSPS) is 21.7. The van der Waals surface area contributed by atoms with E-state index in [0.717, 1.165) is 6.42 Å². The first-order chi connectivity index (χ1) is 9.41. The van der Waals surface area contributed by atoms with Crippen molar-refractivity contribution in [2.75, 3.05) is 19.4 Å². The SMILES string of the molecule is CC1OCCC1N(C)C(=O)c1ccc([N+](=O)[O-])c(N)c1. The van der Waals surface area contributed by atoms with Gasteiger partial charge in [0.05, 0.1) is 17.1 Å². The van der Waals surface area contributed by atoms with Crippen molar-refractivity contribution in [3.63, 3.8) is 0 Å². The smallest absolute Gasteiger partial charge is 0.292 e. The van der Waals surface area contributed by atoms with Crippen molar-refractivity contribution in [2.24, 2.45) is 0 Å². The number of nitro groups is 1. The van der Waals surface area contributed by atoms with Gasteiger partial charge in [-0.3, -0.25) is 14.9 Å². The van der Waals surface area contributed by atoms with Crippen LogP contribution in [0.5, 0.6) is 0 Å². The number of hydrogen-bond donors (Lipinski definition) is 1. The quantitative estimate of drug-likeness (QED) is 0.512. The molecule has 0 aromatic heterocycles. The summed E-state index contributed by atoms with van der Waals surface area (Å²) < 4.78 is 5.44. The number of rotatable bonds is 3. The zero-order chi connectivity index (χ0) is 14.9. The van der Waals surface area contributed by atoms with Crippen molar-refractivity contribution in [3.05, 3.63) is 33.9 Å². The Morgan fingerprint density at radius 1 is 1.55 bits per heavy atom. The zero-order valence-corrected chi connectivity index (χ0v) is 11.4. The van der Waals surface area contributed by atoms with Gasteiger partial charge in [0, 0.05) is 25.3 Å². The van der Waals surface area contributed by atoms with Crippen molar-refractivity contribution in [2.45, 2.75) is 25.5 Å². The highest BCUT2D eigenvalue weighted by molar-refractivity contribution is 5.95. The van der Waals surface area contributed by atoms with Gasteiger partial charge in [0.25, 0.3) is 11.6 Å². The van der Waals surface area contributed by atoms with Crippen LogP contribution in [0.4, 0.5) is 11.4 Å². The van der Waals surface area contributed by atoms with E-state index in [1.165, 1.54) is 18.2 Å². The summed E-state index contributed by atoms with van der Waals surface area (Å²) in [5.41, 5.74) is 5.74. The number of nitrogens with zero attached hydrogens (tertiary/aromatic N) is 2. The Kier molecular flexibility index (Phi) is 3.89. The molecule has 1 saturated heterocycles. The number of amides is 1. The summed E-state index contributed by atoms with van der Waals surface area (Å²) in [4.78, 5) is 24.1. The minimum atomic E-state index is -0.569. The van der Waals surface area contributed by atoms with Gasteiger partial charge in [-0.05, 0) is 25.5 Å². The zero-order valence-electron chi connectivity index (χ0n) is 11.4. The Hall–Kier alpha value is -2.15. The molecule has 7 nitrogen and oxygen atoms in total. The molecule has 0 bridgehead atoms. The van der Waals surface area contributed by atoms with E-state index in [0.29, 0.717) is 12.2 Å². The average molecular weight is 279 g/mol. The summed E-state index contributed by atoms with van der Waals surface area (Å²) in [6.07, 6.45) is 0.769. The second-order valence-electron chi connectivity index (χ2n) is 4.88. The lowest BCUT2D eigenvalue weighted by molar-refractivity contribution is -0.383. The molecule has 7 heteroatoms. The molecule has 2 N–H and O–H groups in total. The van der Waals surface area contributed by atoms with Gasteiger partial charge in [-0.1, -0.05) is 0 Å². The van der Waals surface area contributed by atoms with Gasteiger partial charge in [-0.2, -0.15) is 0 Å². The minimum absolute atomic E-state index is 0.00929. The van der Waals surface area contributed by atoms with Crippen molar-refractivity contribution in [1.82, 2.24) is 4.90 Å². The lowest BCUT2D eigenvalue weighted by Crippen LogP contribution is -2.41. The molecular weight excluding hydrogens is 262 g/mol. The van der Waals surface area contributed by atoms with E-state index < -0.39 is 4.92 Å². The molecule has 20 heavy (non-hydrogen) atoms. The highest BCUT2D eigenvalue weighted by Crippen LogP contribution is 2.24. The molecule has 0 saturated carbocycles. The summed E-state index contributed by atoms with van der Waals surface area (Å²) in [7, 11) is 1.70. The molecule has 2 unspecified atom stereocenters. The lowest BCUT2D eigenvalue weighted by Gasteiger charge is -2.26. The summed E-state index contributed by atoms with van der Waals surface area (Å²) in [5, 5.41) is 10.7. The van der Waals surface area contributed by atoms with Gasteiger partial charge >= 0.3 is 0 Å². The number of carbonyl (C=O) groups is 1. The molecule has 2 atom stereocenters. The van der Waals surface area contributed by atoms with Crippen molar-refractivity contribution >= 4 is 17.3 Å². The number of likely N-dealkylation sites (N-methyl/N-ethyl adjacent to an activating group) is 1. The Balaban J connectivity index is 2.21. The second kappa shape index (κ2) is 5.46. The van der Waals surface area contributed by atoms with Gasteiger partial charge < -0.3 is 15.4 Å². The maximum absolute atomic E-state index is 12.4. The number of nitrogen functional groups attached to an aromatic ring is 1. The Morgan fingerprint density at radius 2 is 2.25 bits per heavy atom. The number of hydrogen-bond acceptors (Lipinski definition) is 5. The van der Waals surface area contributed by atoms with Crippen LogP contribution in [-0.2, 0) is 4.74 Å². The van der Waals surface area contributed by atoms with Gasteiger partial charge in [0.15, 0.2) is 0 Å². The molecule has 0 spiro atoms. The number of benzene rings is 1. The number of nitrogens with two attached hydrogens (primary N) is 1. The van der Waals surface area contributed by atoms with E-state index in [1.807, 2.05) is 6.92 Å². The van der Waals surface area contributed by atoms with E-state index in [9.17, 15) is 14.9 Å². The van der Waals surface area contributed by atoms with Crippen LogP contribution in [0.25, 0.3) is 0 Å². The first-order valence-electron chi connectivity index (χ1n) is 6.34. The summed E-state index contributed by atoms with van der Waals surface area (Å²) in [5.74, 6) is -0.214.